The molecule has 2 aromatic rings. The zero-order chi connectivity index (χ0) is 16.1. The van der Waals surface area contributed by atoms with Gasteiger partial charge in [0, 0.05) is 5.69 Å². The summed E-state index contributed by atoms with van der Waals surface area (Å²) in [5.74, 6) is 1.61. The number of ether oxygens (including phenoxy) is 2. The van der Waals surface area contributed by atoms with Crippen LogP contribution in [0.2, 0.25) is 0 Å². The molecule has 0 aromatic heterocycles. The minimum Gasteiger partial charge on any atom is -0.486 e. The number of hydrogen-bond acceptors (Lipinski definition) is 4. The van der Waals surface area contributed by atoms with Crippen molar-refractivity contribution in [2.24, 2.45) is 0 Å². The third-order valence-electron chi connectivity index (χ3n) is 5.32. The van der Waals surface area contributed by atoms with Gasteiger partial charge in [-0.2, -0.15) is 0 Å². The Balaban J connectivity index is 1.63. The molecule has 24 heavy (non-hydrogen) atoms. The van der Waals surface area contributed by atoms with E-state index in [4.69, 9.17) is 9.47 Å². The average molecular weight is 322 g/mol. The molecule has 0 bridgehead atoms. The van der Waals surface area contributed by atoms with Crippen LogP contribution in [-0.4, -0.2) is 25.7 Å². The molecule has 122 valence electrons. The van der Waals surface area contributed by atoms with E-state index in [0.29, 0.717) is 13.2 Å². The number of para-hydroxylation sites is 1. The molecule has 1 amide bonds. The summed E-state index contributed by atoms with van der Waals surface area (Å²) in [6, 6.07) is 13.9. The number of rotatable bonds is 1. The highest BCUT2D eigenvalue weighted by molar-refractivity contribution is 6.07. The third-order valence-corrected chi connectivity index (χ3v) is 5.32. The lowest BCUT2D eigenvalue weighted by molar-refractivity contribution is -0.121. The largest absolute Gasteiger partial charge is 0.486 e. The Morgan fingerprint density at radius 3 is 2.79 bits per heavy atom. The summed E-state index contributed by atoms with van der Waals surface area (Å²) in [5, 5.41) is 6.58. The monoisotopic (exact) mass is 322 g/mol. The molecule has 3 aliphatic rings. The summed E-state index contributed by atoms with van der Waals surface area (Å²) in [6.45, 7) is 1.94. The highest BCUT2D eigenvalue weighted by Crippen LogP contribution is 2.51. The molecule has 1 saturated heterocycles. The summed E-state index contributed by atoms with van der Waals surface area (Å²) in [6.07, 6.45) is 0.787. The number of fused-ring (bicyclic) bond motifs is 3. The van der Waals surface area contributed by atoms with Gasteiger partial charge < -0.3 is 20.1 Å². The van der Waals surface area contributed by atoms with Crippen molar-refractivity contribution in [2.75, 3.05) is 25.1 Å². The van der Waals surface area contributed by atoms with E-state index in [9.17, 15) is 4.79 Å². The SMILES string of the molecule is O=C1Nc2ccccc2[C@@]12CCN[C@H]2c1ccc2c(c1)OCCO2. The van der Waals surface area contributed by atoms with Crippen LogP contribution in [0.1, 0.15) is 23.6 Å². The molecule has 0 aliphatic carbocycles. The fourth-order valence-corrected chi connectivity index (χ4v) is 4.25. The second kappa shape index (κ2) is 4.98. The smallest absolute Gasteiger partial charge is 0.237 e. The molecule has 5 rings (SSSR count). The van der Waals surface area contributed by atoms with Gasteiger partial charge >= 0.3 is 0 Å². The van der Waals surface area contributed by atoms with Crippen molar-refractivity contribution in [3.63, 3.8) is 0 Å². The van der Waals surface area contributed by atoms with Crippen LogP contribution in [0.25, 0.3) is 0 Å². The van der Waals surface area contributed by atoms with Crippen LogP contribution in [0.5, 0.6) is 11.5 Å². The van der Waals surface area contributed by atoms with Gasteiger partial charge in [0.1, 0.15) is 13.2 Å². The van der Waals surface area contributed by atoms with Gasteiger partial charge in [0.15, 0.2) is 11.5 Å². The molecule has 5 heteroatoms. The lowest BCUT2D eigenvalue weighted by Gasteiger charge is -2.30. The molecule has 2 aromatic carbocycles. The standard InChI is InChI=1S/C19H18N2O3/c22-18-19(13-3-1-2-4-14(13)21-18)7-8-20-17(19)12-5-6-15-16(11-12)24-10-9-23-15/h1-6,11,17,20H,7-10H2,(H,21,22)/t17-,19+/m0/s1. The Morgan fingerprint density at radius 1 is 1.04 bits per heavy atom. The minimum atomic E-state index is -0.555. The van der Waals surface area contributed by atoms with Gasteiger partial charge in [0.05, 0.1) is 11.5 Å². The first-order valence-electron chi connectivity index (χ1n) is 8.33. The van der Waals surface area contributed by atoms with Crippen LogP contribution in [0.3, 0.4) is 0 Å². The molecule has 2 atom stereocenters. The first-order chi connectivity index (χ1) is 11.8. The van der Waals surface area contributed by atoms with Crippen LogP contribution in [0.4, 0.5) is 5.69 Å². The lowest BCUT2D eigenvalue weighted by Crippen LogP contribution is -2.39. The number of nitrogens with one attached hydrogen (secondary N) is 2. The number of amides is 1. The van der Waals surface area contributed by atoms with Gasteiger partial charge in [-0.25, -0.2) is 0 Å². The maximum atomic E-state index is 12.9. The van der Waals surface area contributed by atoms with E-state index in [2.05, 4.69) is 16.7 Å². The minimum absolute atomic E-state index is 0.0722. The van der Waals surface area contributed by atoms with E-state index in [-0.39, 0.29) is 11.9 Å². The molecule has 0 saturated carbocycles. The van der Waals surface area contributed by atoms with Gasteiger partial charge in [-0.3, -0.25) is 4.79 Å². The summed E-state index contributed by atoms with van der Waals surface area (Å²) < 4.78 is 11.3. The van der Waals surface area contributed by atoms with Gasteiger partial charge in [0.2, 0.25) is 5.91 Å². The Hall–Kier alpha value is -2.53. The Kier molecular flexibility index (Phi) is 2.88. The highest BCUT2D eigenvalue weighted by Gasteiger charge is 2.55. The predicted molar refractivity (Wildman–Crippen MR) is 89.5 cm³/mol. The Bertz CT molecular complexity index is 835. The molecular formula is C19H18N2O3. The molecule has 3 heterocycles. The van der Waals surface area contributed by atoms with Crippen molar-refractivity contribution in [3.8, 4) is 11.5 Å². The van der Waals surface area contributed by atoms with Crippen molar-refractivity contribution in [3.05, 3.63) is 53.6 Å². The summed E-state index contributed by atoms with van der Waals surface area (Å²) in [5.41, 5.74) is 2.51. The number of benzene rings is 2. The zero-order valence-corrected chi connectivity index (χ0v) is 13.2. The summed E-state index contributed by atoms with van der Waals surface area (Å²) >= 11 is 0. The van der Waals surface area contributed by atoms with Gasteiger partial charge in [-0.05, 0) is 42.3 Å². The van der Waals surface area contributed by atoms with E-state index >= 15 is 0 Å². The van der Waals surface area contributed by atoms with Crippen LogP contribution in [0, 0.1) is 0 Å². The summed E-state index contributed by atoms with van der Waals surface area (Å²) in [4.78, 5) is 12.9. The van der Waals surface area contributed by atoms with Crippen molar-refractivity contribution >= 4 is 11.6 Å². The lowest BCUT2D eigenvalue weighted by atomic mass is 9.73. The molecule has 3 aliphatic heterocycles. The Morgan fingerprint density at radius 2 is 1.88 bits per heavy atom. The molecule has 0 radical (unpaired) electrons. The molecule has 0 unspecified atom stereocenters. The van der Waals surface area contributed by atoms with Gasteiger partial charge in [0.25, 0.3) is 0 Å². The number of carbonyl (C=O) groups is 1. The number of anilines is 1. The average Bonchev–Trinajstić information content (AvgIpc) is 3.18. The fraction of sp³-hybridized carbons (Fsp3) is 0.316. The quantitative estimate of drug-likeness (QED) is 0.846. The number of hydrogen-bond donors (Lipinski definition) is 2. The van der Waals surface area contributed by atoms with Crippen LogP contribution < -0.4 is 20.1 Å². The maximum Gasteiger partial charge on any atom is 0.237 e. The van der Waals surface area contributed by atoms with Gasteiger partial charge in [-0.15, -0.1) is 0 Å². The van der Waals surface area contributed by atoms with E-state index in [0.717, 1.165) is 41.3 Å². The zero-order valence-electron chi connectivity index (χ0n) is 13.2. The normalized spacial score (nSPS) is 27.2. The van der Waals surface area contributed by atoms with E-state index in [1.165, 1.54) is 0 Å². The van der Waals surface area contributed by atoms with Crippen LogP contribution >= 0.6 is 0 Å². The maximum absolute atomic E-state index is 12.9. The molecular weight excluding hydrogens is 304 g/mol. The first kappa shape index (κ1) is 13.9. The van der Waals surface area contributed by atoms with E-state index in [1.54, 1.807) is 0 Å². The van der Waals surface area contributed by atoms with Crippen LogP contribution in [0.15, 0.2) is 42.5 Å². The molecule has 1 fully saturated rings. The summed E-state index contributed by atoms with van der Waals surface area (Å²) in [7, 11) is 0. The molecule has 2 N–H and O–H groups in total. The highest BCUT2D eigenvalue weighted by atomic mass is 16.6. The van der Waals surface area contributed by atoms with Crippen LogP contribution in [-0.2, 0) is 10.2 Å². The second-order valence-corrected chi connectivity index (χ2v) is 6.51. The molecule has 5 nitrogen and oxygen atoms in total. The van der Waals surface area contributed by atoms with Crippen molar-refractivity contribution in [1.82, 2.24) is 5.32 Å². The topological polar surface area (TPSA) is 59.6 Å². The second-order valence-electron chi connectivity index (χ2n) is 6.51. The van der Waals surface area contributed by atoms with Crippen molar-refractivity contribution in [2.45, 2.75) is 17.9 Å². The third kappa shape index (κ3) is 1.76. The molecule has 1 spiro atoms. The first-order valence-corrected chi connectivity index (χ1v) is 8.33. The fourth-order valence-electron chi connectivity index (χ4n) is 4.25. The predicted octanol–water partition coefficient (Wildman–Crippen LogP) is 2.38. The van der Waals surface area contributed by atoms with Gasteiger partial charge in [-0.1, -0.05) is 24.3 Å². The number of carbonyl (C=O) groups excluding carboxylic acids is 1. The van der Waals surface area contributed by atoms with Crippen molar-refractivity contribution in [1.29, 1.82) is 0 Å². The van der Waals surface area contributed by atoms with E-state index < -0.39 is 5.41 Å². The Labute approximate surface area is 140 Å². The van der Waals surface area contributed by atoms with E-state index in [1.807, 2.05) is 36.4 Å². The van der Waals surface area contributed by atoms with Crippen molar-refractivity contribution < 1.29 is 14.3 Å².